The molecule has 1 rings (SSSR count). The fourth-order valence-corrected chi connectivity index (χ4v) is 4.49. The van der Waals surface area contributed by atoms with Crippen LogP contribution in [0.25, 0.3) is 0 Å². The topological polar surface area (TPSA) is 54.5 Å². The third-order valence-electron chi connectivity index (χ3n) is 2.22. The Morgan fingerprint density at radius 3 is 2.80 bits per heavy atom. The second kappa shape index (κ2) is 5.45. The van der Waals surface area contributed by atoms with Gasteiger partial charge in [0.25, 0.3) is 0 Å². The van der Waals surface area contributed by atoms with E-state index >= 15 is 0 Å². The van der Waals surface area contributed by atoms with Gasteiger partial charge in [-0.25, -0.2) is 8.42 Å². The predicted octanol–water partition coefficient (Wildman–Crippen LogP) is 0.252. The number of amides is 1. The highest BCUT2D eigenvalue weighted by molar-refractivity contribution is 8.00. The number of hydrogen-bond acceptors (Lipinski definition) is 5. The molecule has 0 bridgehead atoms. The minimum absolute atomic E-state index is 0.110. The average molecular weight is 269 g/mol. The van der Waals surface area contributed by atoms with E-state index in [2.05, 4.69) is 12.6 Å². The van der Waals surface area contributed by atoms with E-state index in [9.17, 15) is 13.2 Å². The standard InChI is InChI=1S/C8H15NO3S3/c1-15(11,12)8-6-14-5-3-9(8)7(10)2-4-13/h8,13H,2-6H2,1H3. The van der Waals surface area contributed by atoms with Gasteiger partial charge in [-0.1, -0.05) is 0 Å². The van der Waals surface area contributed by atoms with Crippen LogP contribution >= 0.6 is 24.4 Å². The number of carbonyl (C=O) groups excluding carboxylic acids is 1. The van der Waals surface area contributed by atoms with Crippen LogP contribution in [0.5, 0.6) is 0 Å². The number of rotatable bonds is 3. The molecular weight excluding hydrogens is 254 g/mol. The molecule has 1 unspecified atom stereocenters. The number of carbonyl (C=O) groups is 1. The molecule has 0 aromatic rings. The highest BCUT2D eigenvalue weighted by atomic mass is 32.2. The van der Waals surface area contributed by atoms with Crippen molar-refractivity contribution in [3.05, 3.63) is 0 Å². The summed E-state index contributed by atoms with van der Waals surface area (Å²) >= 11 is 5.56. The molecule has 88 valence electrons. The first-order valence-corrected chi connectivity index (χ1v) is 8.38. The lowest BCUT2D eigenvalue weighted by molar-refractivity contribution is -0.131. The molecule has 1 saturated heterocycles. The Labute approximate surface area is 100 Å². The molecular formula is C8H15NO3S3. The smallest absolute Gasteiger partial charge is 0.224 e. The average Bonchev–Trinajstić information content (AvgIpc) is 2.17. The van der Waals surface area contributed by atoms with E-state index in [0.717, 1.165) is 5.75 Å². The Hall–Kier alpha value is 0.120. The summed E-state index contributed by atoms with van der Waals surface area (Å²) < 4.78 is 23.0. The van der Waals surface area contributed by atoms with Crippen LogP contribution in [0.1, 0.15) is 6.42 Å². The van der Waals surface area contributed by atoms with Crippen molar-refractivity contribution >= 4 is 40.1 Å². The molecule has 1 fully saturated rings. The Morgan fingerprint density at radius 2 is 2.27 bits per heavy atom. The normalized spacial score (nSPS) is 22.8. The van der Waals surface area contributed by atoms with Gasteiger partial charge in [0.2, 0.25) is 5.91 Å². The summed E-state index contributed by atoms with van der Waals surface area (Å²) in [6.45, 7) is 0.523. The molecule has 15 heavy (non-hydrogen) atoms. The van der Waals surface area contributed by atoms with Crippen molar-refractivity contribution in [1.82, 2.24) is 4.90 Å². The van der Waals surface area contributed by atoms with Gasteiger partial charge in [-0.15, -0.1) is 0 Å². The van der Waals surface area contributed by atoms with Crippen molar-refractivity contribution < 1.29 is 13.2 Å². The van der Waals surface area contributed by atoms with Gasteiger partial charge in [0.15, 0.2) is 9.84 Å². The van der Waals surface area contributed by atoms with Crippen molar-refractivity contribution in [2.45, 2.75) is 11.8 Å². The molecule has 1 heterocycles. The summed E-state index contributed by atoms with van der Waals surface area (Å²) in [5.74, 6) is 1.64. The van der Waals surface area contributed by atoms with E-state index in [1.165, 1.54) is 11.2 Å². The fourth-order valence-electron chi connectivity index (χ4n) is 1.46. The van der Waals surface area contributed by atoms with Crippen LogP contribution in [-0.2, 0) is 14.6 Å². The molecule has 1 aliphatic rings. The SMILES string of the molecule is CS(=O)(=O)C1CSCCN1C(=O)CCS. The van der Waals surface area contributed by atoms with Gasteiger partial charge in [0.05, 0.1) is 0 Å². The van der Waals surface area contributed by atoms with Crippen molar-refractivity contribution in [1.29, 1.82) is 0 Å². The second-order valence-electron chi connectivity index (χ2n) is 3.42. The van der Waals surface area contributed by atoms with E-state index in [-0.39, 0.29) is 5.91 Å². The maximum absolute atomic E-state index is 11.7. The molecule has 0 aromatic heterocycles. The molecule has 1 aliphatic heterocycles. The van der Waals surface area contributed by atoms with E-state index < -0.39 is 15.2 Å². The van der Waals surface area contributed by atoms with Gasteiger partial charge in [0, 0.05) is 30.7 Å². The Bertz CT molecular complexity index is 328. The van der Waals surface area contributed by atoms with E-state index in [0.29, 0.717) is 24.5 Å². The Balaban J connectivity index is 2.79. The monoisotopic (exact) mass is 269 g/mol. The number of thioether (sulfide) groups is 1. The lowest BCUT2D eigenvalue weighted by Crippen LogP contribution is -2.49. The highest BCUT2D eigenvalue weighted by Gasteiger charge is 2.33. The number of sulfone groups is 1. The van der Waals surface area contributed by atoms with Crippen LogP contribution in [-0.4, -0.2) is 54.7 Å². The molecule has 0 aliphatic carbocycles. The zero-order valence-corrected chi connectivity index (χ0v) is 11.1. The zero-order valence-electron chi connectivity index (χ0n) is 8.55. The molecule has 1 atom stereocenters. The lowest BCUT2D eigenvalue weighted by Gasteiger charge is -2.34. The third kappa shape index (κ3) is 3.57. The van der Waals surface area contributed by atoms with Crippen LogP contribution < -0.4 is 0 Å². The number of hydrogen-bond donors (Lipinski definition) is 1. The van der Waals surface area contributed by atoms with Crippen LogP contribution in [0.2, 0.25) is 0 Å². The predicted molar refractivity (Wildman–Crippen MR) is 66.1 cm³/mol. The molecule has 0 aromatic carbocycles. The minimum atomic E-state index is -3.18. The molecule has 0 N–H and O–H groups in total. The molecule has 0 spiro atoms. The van der Waals surface area contributed by atoms with Crippen LogP contribution in [0.3, 0.4) is 0 Å². The van der Waals surface area contributed by atoms with Crippen LogP contribution in [0.4, 0.5) is 0 Å². The number of nitrogens with zero attached hydrogens (tertiary/aromatic N) is 1. The van der Waals surface area contributed by atoms with Crippen LogP contribution in [0, 0.1) is 0 Å². The van der Waals surface area contributed by atoms with Crippen molar-refractivity contribution in [3.63, 3.8) is 0 Å². The summed E-state index contributed by atoms with van der Waals surface area (Å²) in [5, 5.41) is -0.649. The van der Waals surface area contributed by atoms with Gasteiger partial charge >= 0.3 is 0 Å². The zero-order chi connectivity index (χ0) is 11.5. The second-order valence-corrected chi connectivity index (χ2v) is 7.22. The molecule has 7 heteroatoms. The summed E-state index contributed by atoms with van der Waals surface area (Å²) in [5.41, 5.74) is 0. The Kier molecular flexibility index (Phi) is 4.79. The summed E-state index contributed by atoms with van der Waals surface area (Å²) in [4.78, 5) is 13.1. The van der Waals surface area contributed by atoms with Crippen LogP contribution in [0.15, 0.2) is 0 Å². The maximum atomic E-state index is 11.7. The first-order valence-electron chi connectivity index (χ1n) is 4.63. The van der Waals surface area contributed by atoms with E-state index in [1.54, 1.807) is 11.8 Å². The third-order valence-corrected chi connectivity index (χ3v) is 5.09. The fraction of sp³-hybridized carbons (Fsp3) is 0.875. The minimum Gasteiger partial charge on any atom is -0.324 e. The van der Waals surface area contributed by atoms with Gasteiger partial charge in [-0.3, -0.25) is 4.79 Å². The first-order chi connectivity index (χ1) is 6.96. The summed E-state index contributed by atoms with van der Waals surface area (Å²) in [7, 11) is -3.18. The van der Waals surface area contributed by atoms with Crippen molar-refractivity contribution in [2.75, 3.05) is 30.1 Å². The molecule has 0 radical (unpaired) electrons. The van der Waals surface area contributed by atoms with Gasteiger partial charge in [-0.05, 0) is 5.75 Å². The number of thiol groups is 1. The van der Waals surface area contributed by atoms with Crippen molar-refractivity contribution in [2.24, 2.45) is 0 Å². The first kappa shape index (κ1) is 13.2. The highest BCUT2D eigenvalue weighted by Crippen LogP contribution is 2.21. The van der Waals surface area contributed by atoms with E-state index in [4.69, 9.17) is 0 Å². The van der Waals surface area contributed by atoms with Gasteiger partial charge < -0.3 is 4.90 Å². The Morgan fingerprint density at radius 1 is 1.60 bits per heavy atom. The van der Waals surface area contributed by atoms with Crippen molar-refractivity contribution in [3.8, 4) is 0 Å². The maximum Gasteiger partial charge on any atom is 0.224 e. The van der Waals surface area contributed by atoms with Gasteiger partial charge in [-0.2, -0.15) is 24.4 Å². The van der Waals surface area contributed by atoms with E-state index in [1.807, 2.05) is 0 Å². The quantitative estimate of drug-likeness (QED) is 0.746. The molecule has 0 saturated carbocycles. The molecule has 1 amide bonds. The summed E-state index contributed by atoms with van der Waals surface area (Å²) in [6, 6.07) is 0. The van der Waals surface area contributed by atoms with Gasteiger partial charge in [0.1, 0.15) is 5.37 Å². The largest absolute Gasteiger partial charge is 0.324 e. The summed E-state index contributed by atoms with van der Waals surface area (Å²) in [6.07, 6.45) is 1.49. The lowest BCUT2D eigenvalue weighted by atomic mass is 10.4. The molecule has 4 nitrogen and oxygen atoms in total.